The Morgan fingerprint density at radius 1 is 1.18 bits per heavy atom. The highest BCUT2D eigenvalue weighted by atomic mass is 35.5. The molecule has 1 aromatic carbocycles. The molecule has 2 atom stereocenters. The summed E-state index contributed by atoms with van der Waals surface area (Å²) in [6.45, 7) is 4.07. The molecular formula is C24H22Cl2N6S. The molecule has 1 aliphatic heterocycles. The van der Waals surface area contributed by atoms with Crippen LogP contribution in [0.2, 0.25) is 10.0 Å². The van der Waals surface area contributed by atoms with Gasteiger partial charge >= 0.3 is 0 Å². The zero-order valence-corrected chi connectivity index (χ0v) is 20.3. The van der Waals surface area contributed by atoms with Crippen LogP contribution in [0.1, 0.15) is 42.2 Å². The SMILES string of the molecule is C[C@@H](Sc1cc(-c2cnn([C@@H]3CCCNC3)c2)cn2ncc(C#N)c12)c1c(Cl)cccc1Cl. The van der Waals surface area contributed by atoms with Crippen LogP contribution in [0.25, 0.3) is 16.6 Å². The van der Waals surface area contributed by atoms with E-state index in [1.165, 1.54) is 0 Å². The number of fused-ring (bicyclic) bond motifs is 1. The average molecular weight is 497 g/mol. The van der Waals surface area contributed by atoms with Crippen molar-refractivity contribution in [1.82, 2.24) is 24.7 Å². The Bertz CT molecular complexity index is 1330. The number of rotatable bonds is 5. The van der Waals surface area contributed by atoms with E-state index in [-0.39, 0.29) is 5.25 Å². The van der Waals surface area contributed by atoms with Crippen molar-refractivity contribution in [2.24, 2.45) is 0 Å². The van der Waals surface area contributed by atoms with E-state index < -0.39 is 0 Å². The van der Waals surface area contributed by atoms with Crippen LogP contribution in [0.15, 0.2) is 53.9 Å². The number of piperidine rings is 1. The van der Waals surface area contributed by atoms with E-state index in [0.717, 1.165) is 53.0 Å². The van der Waals surface area contributed by atoms with E-state index in [4.69, 9.17) is 23.2 Å². The molecule has 0 spiro atoms. The van der Waals surface area contributed by atoms with Crippen molar-refractivity contribution in [3.8, 4) is 17.2 Å². The first-order chi connectivity index (χ1) is 16.0. The molecule has 9 heteroatoms. The second kappa shape index (κ2) is 9.40. The van der Waals surface area contributed by atoms with Crippen molar-refractivity contribution < 1.29 is 0 Å². The number of halogens is 2. The summed E-state index contributed by atoms with van der Waals surface area (Å²) in [5, 5.41) is 23.4. The molecule has 0 aliphatic carbocycles. The quantitative estimate of drug-likeness (QED) is 0.335. The van der Waals surface area contributed by atoms with Gasteiger partial charge in [0.15, 0.2) is 0 Å². The second-order valence-electron chi connectivity index (χ2n) is 8.16. The highest BCUT2D eigenvalue weighted by Crippen LogP contribution is 2.44. The lowest BCUT2D eigenvalue weighted by molar-refractivity contribution is 0.347. The van der Waals surface area contributed by atoms with Gasteiger partial charge in [-0.15, -0.1) is 11.8 Å². The van der Waals surface area contributed by atoms with Crippen LogP contribution >= 0.6 is 35.0 Å². The highest BCUT2D eigenvalue weighted by Gasteiger charge is 2.21. The predicted molar refractivity (Wildman–Crippen MR) is 133 cm³/mol. The van der Waals surface area contributed by atoms with Gasteiger partial charge in [-0.1, -0.05) is 29.3 Å². The van der Waals surface area contributed by atoms with E-state index in [1.54, 1.807) is 22.5 Å². The molecule has 1 fully saturated rings. The van der Waals surface area contributed by atoms with E-state index in [1.807, 2.05) is 30.6 Å². The Balaban J connectivity index is 1.55. The second-order valence-corrected chi connectivity index (χ2v) is 10.4. The number of pyridine rings is 1. The van der Waals surface area contributed by atoms with Gasteiger partial charge in [0.1, 0.15) is 6.07 Å². The molecule has 33 heavy (non-hydrogen) atoms. The van der Waals surface area contributed by atoms with Crippen molar-refractivity contribution in [1.29, 1.82) is 5.26 Å². The van der Waals surface area contributed by atoms with Crippen LogP contribution in [0, 0.1) is 11.3 Å². The van der Waals surface area contributed by atoms with Crippen LogP contribution in [0.3, 0.4) is 0 Å². The van der Waals surface area contributed by atoms with Crippen LogP contribution < -0.4 is 5.32 Å². The molecule has 0 saturated carbocycles. The van der Waals surface area contributed by atoms with Crippen LogP contribution in [0.4, 0.5) is 0 Å². The summed E-state index contributed by atoms with van der Waals surface area (Å²) in [7, 11) is 0. The molecular weight excluding hydrogens is 475 g/mol. The molecule has 1 saturated heterocycles. The zero-order valence-electron chi connectivity index (χ0n) is 18.0. The third kappa shape index (κ3) is 4.36. The minimum atomic E-state index is -0.0253. The molecule has 0 bridgehead atoms. The van der Waals surface area contributed by atoms with Gasteiger partial charge in [0.2, 0.25) is 0 Å². The van der Waals surface area contributed by atoms with Gasteiger partial charge in [-0.25, -0.2) is 4.52 Å². The molecule has 168 valence electrons. The number of hydrogen-bond acceptors (Lipinski definition) is 5. The Hall–Kier alpha value is -2.50. The number of hydrogen-bond donors (Lipinski definition) is 1. The number of thioether (sulfide) groups is 1. The van der Waals surface area contributed by atoms with Crippen molar-refractivity contribution in [2.45, 2.75) is 36.0 Å². The molecule has 4 heterocycles. The largest absolute Gasteiger partial charge is 0.315 e. The number of nitrogens with one attached hydrogen (secondary N) is 1. The Morgan fingerprint density at radius 3 is 2.73 bits per heavy atom. The lowest BCUT2D eigenvalue weighted by Gasteiger charge is -2.22. The molecule has 4 aromatic rings. The first kappa shape index (κ1) is 22.3. The fourth-order valence-electron chi connectivity index (χ4n) is 4.31. The minimum Gasteiger partial charge on any atom is -0.315 e. The van der Waals surface area contributed by atoms with E-state index in [0.29, 0.717) is 21.7 Å². The van der Waals surface area contributed by atoms with Crippen molar-refractivity contribution in [3.05, 3.63) is 70.2 Å². The summed E-state index contributed by atoms with van der Waals surface area (Å²) in [5.41, 5.74) is 4.20. The Labute approximate surface area is 206 Å². The topological polar surface area (TPSA) is 70.9 Å². The summed E-state index contributed by atoms with van der Waals surface area (Å²) in [6, 6.07) is 10.3. The van der Waals surface area contributed by atoms with Gasteiger partial charge in [-0.2, -0.15) is 15.5 Å². The molecule has 5 rings (SSSR count). The Morgan fingerprint density at radius 2 is 2.00 bits per heavy atom. The van der Waals surface area contributed by atoms with Gasteiger partial charge in [0, 0.05) is 55.8 Å². The first-order valence-corrected chi connectivity index (χ1v) is 12.5. The van der Waals surface area contributed by atoms with Crippen LogP contribution in [-0.4, -0.2) is 32.5 Å². The highest BCUT2D eigenvalue weighted by molar-refractivity contribution is 7.99. The molecule has 0 unspecified atom stereocenters. The van der Waals surface area contributed by atoms with Crippen molar-refractivity contribution >= 4 is 40.5 Å². The van der Waals surface area contributed by atoms with Crippen LogP contribution in [0.5, 0.6) is 0 Å². The van der Waals surface area contributed by atoms with Crippen molar-refractivity contribution in [2.75, 3.05) is 13.1 Å². The lowest BCUT2D eigenvalue weighted by atomic mass is 10.1. The smallest absolute Gasteiger partial charge is 0.103 e. The third-order valence-corrected chi connectivity index (χ3v) is 7.80. The number of aromatic nitrogens is 4. The zero-order chi connectivity index (χ0) is 22.9. The standard InChI is InChI=1S/C24H22Cl2N6S/c1-15(23-20(25)5-2-6-21(23)26)33-22-8-16(13-32-24(22)17(9-27)10-30-32)18-11-29-31(14-18)19-4-3-7-28-12-19/h2,5-6,8,10-11,13-15,19,28H,3-4,7,12H2,1H3/t15-,19-/m1/s1. The number of benzene rings is 1. The average Bonchev–Trinajstić information content (AvgIpc) is 3.47. The monoisotopic (exact) mass is 496 g/mol. The van der Waals surface area contributed by atoms with E-state index >= 15 is 0 Å². The molecule has 3 aromatic heterocycles. The number of nitriles is 1. The molecule has 0 amide bonds. The maximum absolute atomic E-state index is 9.65. The lowest BCUT2D eigenvalue weighted by Crippen LogP contribution is -2.31. The molecule has 0 radical (unpaired) electrons. The van der Waals surface area contributed by atoms with Gasteiger partial charge < -0.3 is 5.32 Å². The molecule has 6 nitrogen and oxygen atoms in total. The summed E-state index contributed by atoms with van der Waals surface area (Å²) in [6.07, 6.45) is 9.82. The van der Waals surface area contributed by atoms with Crippen molar-refractivity contribution in [3.63, 3.8) is 0 Å². The molecule has 1 N–H and O–H groups in total. The van der Waals surface area contributed by atoms with Gasteiger partial charge in [-0.3, -0.25) is 4.68 Å². The van der Waals surface area contributed by atoms with Gasteiger partial charge in [0.05, 0.1) is 29.5 Å². The maximum Gasteiger partial charge on any atom is 0.103 e. The van der Waals surface area contributed by atoms with E-state index in [9.17, 15) is 5.26 Å². The Kier molecular flexibility index (Phi) is 6.35. The fraction of sp³-hybridized carbons (Fsp3) is 0.292. The predicted octanol–water partition coefficient (Wildman–Crippen LogP) is 6.15. The third-order valence-electron chi connectivity index (χ3n) is 5.99. The number of nitrogens with zero attached hydrogens (tertiary/aromatic N) is 5. The summed E-state index contributed by atoms with van der Waals surface area (Å²) >= 11 is 14.5. The fourth-order valence-corrected chi connectivity index (χ4v) is 6.43. The summed E-state index contributed by atoms with van der Waals surface area (Å²) in [5.74, 6) is 0. The maximum atomic E-state index is 9.65. The van der Waals surface area contributed by atoms with Gasteiger partial charge in [0.25, 0.3) is 0 Å². The minimum absolute atomic E-state index is 0.0253. The summed E-state index contributed by atoms with van der Waals surface area (Å²) in [4.78, 5) is 0.942. The summed E-state index contributed by atoms with van der Waals surface area (Å²) < 4.78 is 3.82. The molecule has 1 aliphatic rings. The normalized spacial score (nSPS) is 17.2. The van der Waals surface area contributed by atoms with Crippen LogP contribution in [-0.2, 0) is 0 Å². The first-order valence-electron chi connectivity index (χ1n) is 10.8. The van der Waals surface area contributed by atoms with E-state index in [2.05, 4.69) is 45.5 Å². The van der Waals surface area contributed by atoms with Gasteiger partial charge in [-0.05, 0) is 44.5 Å².